The highest BCUT2D eigenvalue weighted by Gasteiger charge is 2.51. The molecule has 1 heteroatoms. The second kappa shape index (κ2) is 1.76. The fraction of sp³-hybridized carbons (Fsp3) is 1.00. The first kappa shape index (κ1) is 6.66. The molecule has 2 aliphatic rings. The third-order valence-corrected chi connectivity index (χ3v) is 3.47. The van der Waals surface area contributed by atoms with Crippen LogP contribution in [0, 0.1) is 17.3 Å². The van der Waals surface area contributed by atoms with Gasteiger partial charge >= 0.3 is 0 Å². The molecule has 2 rings (SSSR count). The van der Waals surface area contributed by atoms with Gasteiger partial charge in [0.2, 0.25) is 0 Å². The molecule has 0 aromatic rings. The predicted molar refractivity (Wildman–Crippen MR) is 40.6 cm³/mol. The molecule has 0 radical (unpaired) electrons. The molecule has 2 saturated carbocycles. The lowest BCUT2D eigenvalue weighted by Gasteiger charge is -2.32. The Balaban J connectivity index is 2.16. The highest BCUT2D eigenvalue weighted by Crippen LogP contribution is 2.54. The lowest BCUT2D eigenvalue weighted by Crippen LogP contribution is -2.32. The summed E-state index contributed by atoms with van der Waals surface area (Å²) >= 11 is 0. The molecule has 0 heterocycles. The first-order chi connectivity index (χ1) is 4.61. The Morgan fingerprint density at radius 2 is 2.00 bits per heavy atom. The van der Waals surface area contributed by atoms with Crippen molar-refractivity contribution in [3.05, 3.63) is 0 Å². The number of fused-ring (bicyclic) bond motifs is 1. The minimum Gasteiger partial charge on any atom is -0.392 e. The van der Waals surface area contributed by atoms with Crippen molar-refractivity contribution < 1.29 is 5.11 Å². The molecule has 10 heavy (non-hydrogen) atoms. The van der Waals surface area contributed by atoms with Crippen LogP contribution in [0.3, 0.4) is 0 Å². The summed E-state index contributed by atoms with van der Waals surface area (Å²) in [5.41, 5.74) is 0.214. The van der Waals surface area contributed by atoms with Crippen LogP contribution in [0.25, 0.3) is 0 Å². The minimum atomic E-state index is -0.00810. The van der Waals surface area contributed by atoms with Crippen LogP contribution in [0.15, 0.2) is 0 Å². The van der Waals surface area contributed by atoms with Crippen molar-refractivity contribution in [1.29, 1.82) is 0 Å². The molecular weight excluding hydrogens is 124 g/mol. The van der Waals surface area contributed by atoms with Gasteiger partial charge in [-0.2, -0.15) is 0 Å². The van der Waals surface area contributed by atoms with Crippen molar-refractivity contribution in [2.24, 2.45) is 17.3 Å². The average molecular weight is 140 g/mol. The van der Waals surface area contributed by atoms with Crippen LogP contribution in [0.1, 0.15) is 33.1 Å². The Kier molecular flexibility index (Phi) is 1.17. The Labute approximate surface area is 62.4 Å². The first-order valence-corrected chi connectivity index (χ1v) is 4.29. The molecule has 0 bridgehead atoms. The summed E-state index contributed by atoms with van der Waals surface area (Å²) in [5.74, 6) is 1.53. The number of hydrogen-bond acceptors (Lipinski definition) is 1. The van der Waals surface area contributed by atoms with Crippen LogP contribution < -0.4 is 0 Å². The lowest BCUT2D eigenvalue weighted by molar-refractivity contribution is 0.0203. The molecule has 0 unspecified atom stereocenters. The van der Waals surface area contributed by atoms with Gasteiger partial charge in [0, 0.05) is 0 Å². The second-order valence-corrected chi connectivity index (χ2v) is 4.64. The molecule has 1 N–H and O–H groups in total. The Bertz CT molecular complexity index is 151. The normalized spacial score (nSPS) is 50.1. The Hall–Kier alpha value is -0.0400. The SMILES string of the molecule is CC1(C)C[C@H]2CC[C@H]2[C@@H]1O. The van der Waals surface area contributed by atoms with E-state index in [1.807, 2.05) is 0 Å². The van der Waals surface area contributed by atoms with Gasteiger partial charge < -0.3 is 5.11 Å². The fourth-order valence-electron chi connectivity index (χ4n) is 2.64. The predicted octanol–water partition coefficient (Wildman–Crippen LogP) is 1.80. The van der Waals surface area contributed by atoms with E-state index in [2.05, 4.69) is 13.8 Å². The van der Waals surface area contributed by atoms with Crippen molar-refractivity contribution in [2.45, 2.75) is 39.2 Å². The van der Waals surface area contributed by atoms with Gasteiger partial charge in [-0.05, 0) is 36.5 Å². The van der Waals surface area contributed by atoms with Crippen LogP contribution in [0.2, 0.25) is 0 Å². The molecule has 0 amide bonds. The summed E-state index contributed by atoms with van der Waals surface area (Å²) in [7, 11) is 0. The van der Waals surface area contributed by atoms with E-state index in [4.69, 9.17) is 0 Å². The van der Waals surface area contributed by atoms with Crippen LogP contribution in [-0.2, 0) is 0 Å². The molecule has 2 fully saturated rings. The largest absolute Gasteiger partial charge is 0.392 e. The van der Waals surface area contributed by atoms with Gasteiger partial charge in [0.25, 0.3) is 0 Å². The molecule has 0 aliphatic heterocycles. The van der Waals surface area contributed by atoms with E-state index >= 15 is 0 Å². The van der Waals surface area contributed by atoms with E-state index in [1.54, 1.807) is 0 Å². The van der Waals surface area contributed by atoms with E-state index in [9.17, 15) is 5.11 Å². The summed E-state index contributed by atoms with van der Waals surface area (Å²) < 4.78 is 0. The van der Waals surface area contributed by atoms with Gasteiger partial charge in [-0.3, -0.25) is 0 Å². The summed E-state index contributed by atoms with van der Waals surface area (Å²) in [4.78, 5) is 0. The van der Waals surface area contributed by atoms with Gasteiger partial charge in [-0.15, -0.1) is 0 Å². The summed E-state index contributed by atoms with van der Waals surface area (Å²) in [6.07, 6.45) is 3.88. The third kappa shape index (κ3) is 0.672. The molecule has 1 nitrogen and oxygen atoms in total. The van der Waals surface area contributed by atoms with Crippen molar-refractivity contribution in [3.63, 3.8) is 0 Å². The van der Waals surface area contributed by atoms with Crippen LogP contribution in [-0.4, -0.2) is 11.2 Å². The maximum absolute atomic E-state index is 9.75. The van der Waals surface area contributed by atoms with Gasteiger partial charge in [0.15, 0.2) is 0 Å². The molecule has 0 aromatic carbocycles. The molecule has 0 spiro atoms. The van der Waals surface area contributed by atoms with Gasteiger partial charge in [-0.25, -0.2) is 0 Å². The Morgan fingerprint density at radius 1 is 1.30 bits per heavy atom. The lowest BCUT2D eigenvalue weighted by atomic mass is 9.75. The third-order valence-electron chi connectivity index (χ3n) is 3.47. The molecule has 2 aliphatic carbocycles. The maximum atomic E-state index is 9.75. The standard InChI is InChI=1S/C9H16O/c1-9(2)5-6-3-4-7(6)8(9)10/h6-8,10H,3-5H2,1-2H3/t6-,7-,8+/m1/s1. The Morgan fingerprint density at radius 3 is 2.20 bits per heavy atom. The fourth-order valence-corrected chi connectivity index (χ4v) is 2.64. The number of aliphatic hydroxyl groups is 1. The maximum Gasteiger partial charge on any atom is 0.0622 e. The molecule has 3 atom stereocenters. The molecular formula is C9H16O. The minimum absolute atomic E-state index is 0.00810. The summed E-state index contributed by atoms with van der Waals surface area (Å²) in [5, 5.41) is 9.75. The average Bonchev–Trinajstić information content (AvgIpc) is 1.91. The van der Waals surface area contributed by atoms with Crippen molar-refractivity contribution in [1.82, 2.24) is 0 Å². The number of hydrogen-bond donors (Lipinski definition) is 1. The highest BCUT2D eigenvalue weighted by atomic mass is 16.3. The smallest absolute Gasteiger partial charge is 0.0622 e. The van der Waals surface area contributed by atoms with Gasteiger partial charge in [0.1, 0.15) is 0 Å². The number of rotatable bonds is 0. The molecule has 0 saturated heterocycles. The van der Waals surface area contributed by atoms with Gasteiger partial charge in [0.05, 0.1) is 6.10 Å². The second-order valence-electron chi connectivity index (χ2n) is 4.64. The van der Waals surface area contributed by atoms with E-state index < -0.39 is 0 Å². The zero-order chi connectivity index (χ0) is 7.35. The zero-order valence-electron chi connectivity index (χ0n) is 6.80. The molecule has 0 aromatic heterocycles. The zero-order valence-corrected chi connectivity index (χ0v) is 6.80. The molecule has 58 valence electrons. The quantitative estimate of drug-likeness (QED) is 0.544. The van der Waals surface area contributed by atoms with Crippen molar-refractivity contribution >= 4 is 0 Å². The summed E-state index contributed by atoms with van der Waals surface area (Å²) in [6.45, 7) is 4.38. The topological polar surface area (TPSA) is 20.2 Å². The summed E-state index contributed by atoms with van der Waals surface area (Å²) in [6, 6.07) is 0. The van der Waals surface area contributed by atoms with Crippen LogP contribution in [0.5, 0.6) is 0 Å². The van der Waals surface area contributed by atoms with Crippen LogP contribution >= 0.6 is 0 Å². The van der Waals surface area contributed by atoms with E-state index in [0.717, 1.165) is 5.92 Å². The van der Waals surface area contributed by atoms with E-state index in [0.29, 0.717) is 5.92 Å². The number of aliphatic hydroxyl groups excluding tert-OH is 1. The first-order valence-electron chi connectivity index (χ1n) is 4.29. The van der Waals surface area contributed by atoms with Crippen molar-refractivity contribution in [2.75, 3.05) is 0 Å². The monoisotopic (exact) mass is 140 g/mol. The van der Waals surface area contributed by atoms with Crippen molar-refractivity contribution in [3.8, 4) is 0 Å². The van der Waals surface area contributed by atoms with E-state index in [-0.39, 0.29) is 11.5 Å². The highest BCUT2D eigenvalue weighted by molar-refractivity contribution is 5.01. The van der Waals surface area contributed by atoms with Crippen LogP contribution in [0.4, 0.5) is 0 Å². The van der Waals surface area contributed by atoms with E-state index in [1.165, 1.54) is 19.3 Å². The van der Waals surface area contributed by atoms with Gasteiger partial charge in [-0.1, -0.05) is 13.8 Å².